The summed E-state index contributed by atoms with van der Waals surface area (Å²) in [5.41, 5.74) is 7.15. The summed E-state index contributed by atoms with van der Waals surface area (Å²) in [6, 6.07) is 10.7. The number of nitrogens with two attached hydrogens (primary N) is 1. The number of carbonyl (C=O) groups excluding carboxylic acids is 1. The van der Waals surface area contributed by atoms with Gasteiger partial charge in [-0.3, -0.25) is 9.69 Å². The fraction of sp³-hybridized carbons (Fsp3) is 0.632. The molecule has 2 heterocycles. The van der Waals surface area contributed by atoms with E-state index in [1.807, 2.05) is 11.0 Å². The number of nitrogens with zero attached hydrogens (tertiary/aromatic N) is 2. The fourth-order valence-corrected chi connectivity index (χ4v) is 3.78. The van der Waals surface area contributed by atoms with E-state index < -0.39 is 0 Å². The van der Waals surface area contributed by atoms with E-state index in [4.69, 9.17) is 10.5 Å². The van der Waals surface area contributed by atoms with Crippen LogP contribution in [0.4, 0.5) is 0 Å². The SMILES string of the molecule is Cl.Cl.NCC1CCCCN1C(=O)CC1CN(Cc2ccccc2)CCO1. The van der Waals surface area contributed by atoms with E-state index in [0.717, 1.165) is 39.0 Å². The number of benzene rings is 1. The molecule has 1 aromatic carbocycles. The molecule has 0 radical (unpaired) electrons. The van der Waals surface area contributed by atoms with Crippen LogP contribution in [0.5, 0.6) is 0 Å². The van der Waals surface area contributed by atoms with Gasteiger partial charge in [-0.05, 0) is 24.8 Å². The minimum Gasteiger partial charge on any atom is -0.375 e. The first-order chi connectivity index (χ1) is 11.8. The van der Waals surface area contributed by atoms with Crippen LogP contribution in [0.2, 0.25) is 0 Å². The molecule has 2 saturated heterocycles. The summed E-state index contributed by atoms with van der Waals surface area (Å²) < 4.78 is 5.86. The van der Waals surface area contributed by atoms with E-state index in [2.05, 4.69) is 29.2 Å². The van der Waals surface area contributed by atoms with Gasteiger partial charge in [0.25, 0.3) is 0 Å². The monoisotopic (exact) mass is 403 g/mol. The third kappa shape index (κ3) is 6.39. The van der Waals surface area contributed by atoms with Crippen molar-refractivity contribution < 1.29 is 9.53 Å². The second-order valence-electron chi connectivity index (χ2n) is 6.89. The number of amides is 1. The summed E-state index contributed by atoms with van der Waals surface area (Å²) in [6.45, 7) is 4.78. The van der Waals surface area contributed by atoms with E-state index in [-0.39, 0.29) is 42.9 Å². The van der Waals surface area contributed by atoms with Crippen LogP contribution in [-0.2, 0) is 16.1 Å². The molecule has 2 aliphatic rings. The highest BCUT2D eigenvalue weighted by atomic mass is 35.5. The molecule has 2 unspecified atom stereocenters. The van der Waals surface area contributed by atoms with Crippen molar-refractivity contribution in [3.63, 3.8) is 0 Å². The largest absolute Gasteiger partial charge is 0.375 e. The number of carbonyl (C=O) groups is 1. The standard InChI is InChI=1S/C19H29N3O2.2ClH/c20-13-17-8-4-5-9-22(17)19(23)12-18-15-21(10-11-24-18)14-16-6-2-1-3-7-16;;/h1-3,6-7,17-18H,4-5,8-15,20H2;2*1H. The molecule has 2 N–H and O–H groups in total. The van der Waals surface area contributed by atoms with Gasteiger partial charge in [0.1, 0.15) is 0 Å². The summed E-state index contributed by atoms with van der Waals surface area (Å²) in [6.07, 6.45) is 3.77. The summed E-state index contributed by atoms with van der Waals surface area (Å²) in [4.78, 5) is 17.0. The Morgan fingerprint density at radius 3 is 2.65 bits per heavy atom. The number of piperidine rings is 1. The number of halogens is 2. The van der Waals surface area contributed by atoms with Gasteiger partial charge in [0.15, 0.2) is 0 Å². The minimum absolute atomic E-state index is 0. The molecule has 1 aromatic rings. The number of ether oxygens (including phenoxy) is 1. The van der Waals surface area contributed by atoms with Gasteiger partial charge in [-0.15, -0.1) is 24.8 Å². The fourth-order valence-electron chi connectivity index (χ4n) is 3.78. The van der Waals surface area contributed by atoms with E-state index >= 15 is 0 Å². The molecule has 2 aliphatic heterocycles. The van der Waals surface area contributed by atoms with Crippen LogP contribution in [0, 0.1) is 0 Å². The van der Waals surface area contributed by atoms with Gasteiger partial charge in [-0.25, -0.2) is 0 Å². The summed E-state index contributed by atoms with van der Waals surface area (Å²) in [5.74, 6) is 0.205. The first kappa shape index (κ1) is 23.2. The molecule has 26 heavy (non-hydrogen) atoms. The predicted molar refractivity (Wildman–Crippen MR) is 109 cm³/mol. The van der Waals surface area contributed by atoms with Gasteiger partial charge in [-0.2, -0.15) is 0 Å². The average molecular weight is 404 g/mol. The lowest BCUT2D eigenvalue weighted by Crippen LogP contribution is -2.50. The lowest BCUT2D eigenvalue weighted by molar-refractivity contribution is -0.139. The molecule has 0 bridgehead atoms. The highest BCUT2D eigenvalue weighted by Gasteiger charge is 2.29. The normalized spacial score (nSPS) is 23.7. The van der Waals surface area contributed by atoms with E-state index in [1.165, 1.54) is 12.0 Å². The van der Waals surface area contributed by atoms with E-state index in [9.17, 15) is 4.79 Å². The van der Waals surface area contributed by atoms with Crippen LogP contribution in [-0.4, -0.2) is 60.6 Å². The Morgan fingerprint density at radius 1 is 1.15 bits per heavy atom. The van der Waals surface area contributed by atoms with Crippen LogP contribution < -0.4 is 5.73 Å². The minimum atomic E-state index is -0.00434. The van der Waals surface area contributed by atoms with Crippen molar-refractivity contribution >= 4 is 30.7 Å². The Bertz CT molecular complexity index is 533. The topological polar surface area (TPSA) is 58.8 Å². The van der Waals surface area contributed by atoms with E-state index in [1.54, 1.807) is 0 Å². The second-order valence-corrected chi connectivity index (χ2v) is 6.89. The Hall–Kier alpha value is -0.850. The highest BCUT2D eigenvalue weighted by molar-refractivity contribution is 5.85. The molecule has 7 heteroatoms. The molecule has 148 valence electrons. The Kier molecular flexibility index (Phi) is 10.5. The quantitative estimate of drug-likeness (QED) is 0.819. The Morgan fingerprint density at radius 2 is 1.92 bits per heavy atom. The smallest absolute Gasteiger partial charge is 0.225 e. The zero-order valence-corrected chi connectivity index (χ0v) is 16.9. The molecule has 0 aliphatic carbocycles. The third-order valence-electron chi connectivity index (χ3n) is 5.09. The molecule has 5 nitrogen and oxygen atoms in total. The Labute approximate surface area is 169 Å². The van der Waals surface area contributed by atoms with Crippen LogP contribution in [0.3, 0.4) is 0 Å². The van der Waals surface area contributed by atoms with Crippen molar-refractivity contribution in [2.45, 2.75) is 44.4 Å². The van der Waals surface area contributed by atoms with Gasteiger partial charge >= 0.3 is 0 Å². The number of hydrogen-bond acceptors (Lipinski definition) is 4. The molecule has 0 aromatic heterocycles. The summed E-state index contributed by atoms with van der Waals surface area (Å²) >= 11 is 0. The van der Waals surface area contributed by atoms with E-state index in [0.29, 0.717) is 19.6 Å². The van der Waals surface area contributed by atoms with Crippen molar-refractivity contribution in [3.05, 3.63) is 35.9 Å². The number of rotatable bonds is 5. The maximum atomic E-state index is 12.7. The van der Waals surface area contributed by atoms with Gasteiger partial charge < -0.3 is 15.4 Å². The molecule has 1 amide bonds. The summed E-state index contributed by atoms with van der Waals surface area (Å²) in [5, 5.41) is 0. The molecule has 0 spiro atoms. The first-order valence-electron chi connectivity index (χ1n) is 9.13. The van der Waals surface area contributed by atoms with Crippen molar-refractivity contribution in [1.29, 1.82) is 0 Å². The van der Waals surface area contributed by atoms with Gasteiger partial charge in [0.05, 0.1) is 19.1 Å². The molecular weight excluding hydrogens is 373 g/mol. The number of hydrogen-bond donors (Lipinski definition) is 1. The Balaban J connectivity index is 0.00000169. The van der Waals surface area contributed by atoms with Gasteiger partial charge in [0.2, 0.25) is 5.91 Å². The molecule has 2 fully saturated rings. The molecule has 3 rings (SSSR count). The van der Waals surface area contributed by atoms with Crippen LogP contribution in [0.15, 0.2) is 30.3 Å². The van der Waals surface area contributed by atoms with Crippen molar-refractivity contribution in [3.8, 4) is 0 Å². The summed E-state index contributed by atoms with van der Waals surface area (Å²) in [7, 11) is 0. The zero-order valence-electron chi connectivity index (χ0n) is 15.2. The molecular formula is C19H31Cl2N3O2. The van der Waals surface area contributed by atoms with Crippen molar-refractivity contribution in [1.82, 2.24) is 9.80 Å². The highest BCUT2D eigenvalue weighted by Crippen LogP contribution is 2.19. The lowest BCUT2D eigenvalue weighted by Gasteiger charge is -2.37. The number of morpholine rings is 1. The maximum absolute atomic E-state index is 12.7. The van der Waals surface area contributed by atoms with Gasteiger partial charge in [0, 0.05) is 38.8 Å². The van der Waals surface area contributed by atoms with Crippen molar-refractivity contribution in [2.75, 3.05) is 32.8 Å². The second kappa shape index (κ2) is 11.8. The zero-order chi connectivity index (χ0) is 16.8. The lowest BCUT2D eigenvalue weighted by atomic mass is 10.0. The maximum Gasteiger partial charge on any atom is 0.225 e. The van der Waals surface area contributed by atoms with Gasteiger partial charge in [-0.1, -0.05) is 30.3 Å². The van der Waals surface area contributed by atoms with Crippen LogP contribution >= 0.6 is 24.8 Å². The van der Waals surface area contributed by atoms with Crippen LogP contribution in [0.25, 0.3) is 0 Å². The predicted octanol–water partition coefficient (Wildman–Crippen LogP) is 2.46. The average Bonchev–Trinajstić information content (AvgIpc) is 2.63. The van der Waals surface area contributed by atoms with Crippen LogP contribution in [0.1, 0.15) is 31.2 Å². The third-order valence-corrected chi connectivity index (χ3v) is 5.09. The van der Waals surface area contributed by atoms with Crippen molar-refractivity contribution in [2.24, 2.45) is 5.73 Å². The number of likely N-dealkylation sites (tertiary alicyclic amines) is 1. The first-order valence-corrected chi connectivity index (χ1v) is 9.13. The molecule has 2 atom stereocenters. The molecule has 0 saturated carbocycles.